The first kappa shape index (κ1) is 23.6. The Balaban J connectivity index is 1.47. The van der Waals surface area contributed by atoms with E-state index in [0.29, 0.717) is 28.0 Å². The van der Waals surface area contributed by atoms with Gasteiger partial charge in [0.1, 0.15) is 17.4 Å². The Morgan fingerprint density at radius 3 is 2.79 bits per heavy atom. The largest absolute Gasteiger partial charge is 0.472 e. The van der Waals surface area contributed by atoms with Gasteiger partial charge >= 0.3 is 0 Å². The summed E-state index contributed by atoms with van der Waals surface area (Å²) < 4.78 is 19.8. The van der Waals surface area contributed by atoms with Crippen LogP contribution < -0.4 is 4.74 Å². The molecule has 1 aliphatic heterocycles. The van der Waals surface area contributed by atoms with Crippen LogP contribution in [-0.2, 0) is 26.1 Å². The van der Waals surface area contributed by atoms with Gasteiger partial charge in [-0.2, -0.15) is 0 Å². The molecule has 0 unspecified atom stereocenters. The maximum atomic E-state index is 14.1. The van der Waals surface area contributed by atoms with Crippen molar-refractivity contribution >= 4 is 28.9 Å². The van der Waals surface area contributed by atoms with E-state index < -0.39 is 5.82 Å². The molecule has 0 fully saturated rings. The maximum Gasteiger partial charge on any atom is 0.233 e. The highest BCUT2D eigenvalue weighted by Crippen LogP contribution is 2.30. The topological polar surface area (TPSA) is 50.6 Å². The Morgan fingerprint density at radius 1 is 1.24 bits per heavy atom. The van der Waals surface area contributed by atoms with E-state index >= 15 is 0 Å². The third-order valence-corrected chi connectivity index (χ3v) is 6.38. The van der Waals surface area contributed by atoms with Gasteiger partial charge in [0.15, 0.2) is 0 Å². The van der Waals surface area contributed by atoms with Crippen LogP contribution in [0.2, 0.25) is 10.0 Å². The average molecular weight is 487 g/mol. The van der Waals surface area contributed by atoms with Crippen molar-refractivity contribution < 1.29 is 9.13 Å². The molecular formula is C25H25Cl2FN4O. The lowest BCUT2D eigenvalue weighted by Gasteiger charge is -2.28. The number of aliphatic imine (C=N–C) groups is 1. The fraction of sp³-hybridized carbons (Fsp3) is 0.320. The number of aromatic nitrogens is 2. The van der Waals surface area contributed by atoms with Crippen LogP contribution in [0, 0.1) is 12.7 Å². The minimum atomic E-state index is -0.419. The zero-order chi connectivity index (χ0) is 23.5. The Morgan fingerprint density at radius 2 is 2.06 bits per heavy atom. The summed E-state index contributed by atoms with van der Waals surface area (Å²) in [5.74, 6) is -0.114. The molecule has 3 aromatic rings. The molecule has 0 amide bonds. The average Bonchev–Trinajstić information content (AvgIpc) is 2.79. The van der Waals surface area contributed by atoms with Gasteiger partial charge in [0.25, 0.3) is 0 Å². The third kappa shape index (κ3) is 5.52. The van der Waals surface area contributed by atoms with Gasteiger partial charge in [-0.1, -0.05) is 29.3 Å². The van der Waals surface area contributed by atoms with Crippen molar-refractivity contribution in [2.45, 2.75) is 40.0 Å². The van der Waals surface area contributed by atoms with Crippen LogP contribution in [0.15, 0.2) is 41.5 Å². The standard InChI is InChI=1S/C25H25Cl2FN4O/c1-15-8-19(16(2)29-3)11-30-23(15)12-32-7-6-17-9-21(27)25(31-24(17)13-32)33-14-18-4-5-20(26)10-22(18)28/h4-5,8-11H,6-7,12-14H2,1-3H3. The molecule has 1 aromatic carbocycles. The van der Waals surface area contributed by atoms with Gasteiger partial charge in [0.05, 0.1) is 11.4 Å². The van der Waals surface area contributed by atoms with Crippen molar-refractivity contribution in [3.8, 4) is 5.88 Å². The number of halogens is 3. The minimum absolute atomic E-state index is 0.0220. The van der Waals surface area contributed by atoms with E-state index in [1.807, 2.05) is 19.2 Å². The number of nitrogens with zero attached hydrogens (tertiary/aromatic N) is 4. The summed E-state index contributed by atoms with van der Waals surface area (Å²) in [7, 11) is 1.78. The summed E-state index contributed by atoms with van der Waals surface area (Å²) in [6.07, 6.45) is 2.72. The summed E-state index contributed by atoms with van der Waals surface area (Å²) in [6, 6.07) is 8.52. The molecule has 0 N–H and O–H groups in total. The first-order valence-corrected chi connectivity index (χ1v) is 11.5. The Hall–Kier alpha value is -2.54. The van der Waals surface area contributed by atoms with Gasteiger partial charge in [0, 0.05) is 54.7 Å². The summed E-state index contributed by atoms with van der Waals surface area (Å²) in [5, 5.41) is 0.770. The fourth-order valence-electron chi connectivity index (χ4n) is 3.80. The van der Waals surface area contributed by atoms with E-state index in [4.69, 9.17) is 27.9 Å². The van der Waals surface area contributed by atoms with Crippen LogP contribution in [0.1, 0.15) is 40.6 Å². The predicted molar refractivity (Wildman–Crippen MR) is 130 cm³/mol. The fourth-order valence-corrected chi connectivity index (χ4v) is 4.18. The lowest BCUT2D eigenvalue weighted by atomic mass is 10.0. The lowest BCUT2D eigenvalue weighted by Crippen LogP contribution is -2.31. The van der Waals surface area contributed by atoms with Gasteiger partial charge < -0.3 is 4.74 Å². The van der Waals surface area contributed by atoms with Gasteiger partial charge in [-0.15, -0.1) is 0 Å². The van der Waals surface area contributed by atoms with E-state index in [1.54, 1.807) is 19.2 Å². The molecule has 0 spiro atoms. The number of aryl methyl sites for hydroxylation is 1. The third-order valence-electron chi connectivity index (χ3n) is 5.88. The molecule has 2 aromatic heterocycles. The molecular weight excluding hydrogens is 462 g/mol. The van der Waals surface area contributed by atoms with Gasteiger partial charge in [0.2, 0.25) is 5.88 Å². The van der Waals surface area contributed by atoms with Crippen molar-refractivity contribution in [1.29, 1.82) is 0 Å². The lowest BCUT2D eigenvalue weighted by molar-refractivity contribution is 0.233. The first-order chi connectivity index (χ1) is 15.8. The van der Waals surface area contributed by atoms with Crippen molar-refractivity contribution in [1.82, 2.24) is 14.9 Å². The molecule has 4 rings (SSSR count). The summed E-state index contributed by atoms with van der Waals surface area (Å²) in [4.78, 5) is 15.9. The number of rotatable bonds is 6. The normalized spacial score (nSPS) is 14.3. The molecule has 33 heavy (non-hydrogen) atoms. The molecule has 0 saturated heterocycles. The minimum Gasteiger partial charge on any atom is -0.472 e. The van der Waals surface area contributed by atoms with Gasteiger partial charge in [-0.25, -0.2) is 9.37 Å². The van der Waals surface area contributed by atoms with Crippen LogP contribution >= 0.6 is 23.2 Å². The SMILES string of the molecule is CN=C(C)c1cnc(CN2CCc3cc(Cl)c(OCc4ccc(Cl)cc4F)nc3C2)c(C)c1. The Labute approximate surface area is 203 Å². The zero-order valence-corrected chi connectivity index (χ0v) is 20.3. The van der Waals surface area contributed by atoms with Crippen molar-refractivity contribution in [3.05, 3.63) is 86.0 Å². The Bertz CT molecular complexity index is 1220. The second kappa shape index (κ2) is 10.2. The highest BCUT2D eigenvalue weighted by atomic mass is 35.5. The van der Waals surface area contributed by atoms with Crippen molar-refractivity contribution in [2.24, 2.45) is 4.99 Å². The smallest absolute Gasteiger partial charge is 0.233 e. The number of ether oxygens (including phenoxy) is 1. The quantitative estimate of drug-likeness (QED) is 0.412. The first-order valence-electron chi connectivity index (χ1n) is 10.7. The second-order valence-corrected chi connectivity index (χ2v) is 9.01. The van der Waals surface area contributed by atoms with Crippen LogP contribution in [0.3, 0.4) is 0 Å². The number of pyridine rings is 2. The highest BCUT2D eigenvalue weighted by Gasteiger charge is 2.21. The van der Waals surface area contributed by atoms with E-state index in [9.17, 15) is 4.39 Å². The van der Waals surface area contributed by atoms with Crippen LogP contribution in [0.25, 0.3) is 0 Å². The number of fused-ring (bicyclic) bond motifs is 1. The molecule has 0 bridgehead atoms. The summed E-state index contributed by atoms with van der Waals surface area (Å²) >= 11 is 12.2. The molecule has 8 heteroatoms. The van der Waals surface area contributed by atoms with Crippen LogP contribution in [-0.4, -0.2) is 34.2 Å². The van der Waals surface area contributed by atoms with Gasteiger partial charge in [-0.3, -0.25) is 14.9 Å². The van der Waals surface area contributed by atoms with Crippen molar-refractivity contribution in [2.75, 3.05) is 13.6 Å². The molecule has 0 atom stereocenters. The second-order valence-electron chi connectivity index (χ2n) is 8.16. The predicted octanol–water partition coefficient (Wildman–Crippen LogP) is 5.81. The van der Waals surface area contributed by atoms with E-state index in [2.05, 4.69) is 32.9 Å². The molecule has 0 radical (unpaired) electrons. The molecule has 1 aliphatic rings. The molecule has 172 valence electrons. The molecule has 0 saturated carbocycles. The Kier molecular flexibility index (Phi) is 7.27. The molecule has 0 aliphatic carbocycles. The van der Waals surface area contributed by atoms with E-state index in [1.165, 1.54) is 6.07 Å². The van der Waals surface area contributed by atoms with E-state index in [0.717, 1.165) is 53.3 Å². The zero-order valence-electron chi connectivity index (χ0n) is 18.8. The molecule has 3 heterocycles. The number of benzene rings is 1. The highest BCUT2D eigenvalue weighted by molar-refractivity contribution is 6.32. The maximum absolute atomic E-state index is 14.1. The van der Waals surface area contributed by atoms with Crippen LogP contribution in [0.5, 0.6) is 5.88 Å². The molecule has 5 nitrogen and oxygen atoms in total. The van der Waals surface area contributed by atoms with Crippen LogP contribution in [0.4, 0.5) is 4.39 Å². The monoisotopic (exact) mass is 486 g/mol. The number of hydrogen-bond donors (Lipinski definition) is 0. The number of hydrogen-bond acceptors (Lipinski definition) is 5. The van der Waals surface area contributed by atoms with Crippen molar-refractivity contribution in [3.63, 3.8) is 0 Å². The summed E-state index contributed by atoms with van der Waals surface area (Å²) in [6.45, 7) is 6.36. The van der Waals surface area contributed by atoms with Gasteiger partial charge in [-0.05, 0) is 55.7 Å². The van der Waals surface area contributed by atoms with E-state index in [-0.39, 0.29) is 6.61 Å². The summed E-state index contributed by atoms with van der Waals surface area (Å²) in [5.41, 5.74) is 6.60.